The number of alkyl halides is 4. The third kappa shape index (κ3) is 5.34. The zero-order valence-corrected chi connectivity index (χ0v) is 16.6. The molecule has 12 heteroatoms. The number of carbonyl (C=O) groups excluding carboxylic acids is 1. The maximum atomic E-state index is 12.7. The molecule has 3 rings (SSSR count). The summed E-state index contributed by atoms with van der Waals surface area (Å²) >= 11 is 0.864. The van der Waals surface area contributed by atoms with Crippen molar-refractivity contribution in [2.24, 2.45) is 5.16 Å². The zero-order chi connectivity index (χ0) is 22.4. The second-order valence-electron chi connectivity index (χ2n) is 5.81. The first-order valence-electron chi connectivity index (χ1n) is 8.60. The van der Waals surface area contributed by atoms with Crippen LogP contribution < -0.4 is 10.1 Å². The van der Waals surface area contributed by atoms with E-state index in [9.17, 15) is 22.4 Å². The Morgan fingerprint density at radius 3 is 2.52 bits per heavy atom. The quantitative estimate of drug-likeness (QED) is 0.325. The Hall–Kier alpha value is -3.54. The summed E-state index contributed by atoms with van der Waals surface area (Å²) in [5.41, 5.74) is -0.422. The molecular weight excluding hydrogens is 440 g/mol. The third-order valence-electron chi connectivity index (χ3n) is 3.86. The number of likely N-dealkylation sites (N-methyl/N-ethyl adjacent to an activating group) is 1. The summed E-state index contributed by atoms with van der Waals surface area (Å²) in [6.45, 7) is -1.23. The summed E-state index contributed by atoms with van der Waals surface area (Å²) in [6, 6.07) is 10.7. The van der Waals surface area contributed by atoms with E-state index in [4.69, 9.17) is 4.74 Å². The van der Waals surface area contributed by atoms with Crippen molar-refractivity contribution in [2.75, 3.05) is 13.9 Å². The zero-order valence-electron chi connectivity index (χ0n) is 15.8. The Balaban J connectivity index is 1.87. The van der Waals surface area contributed by atoms with Crippen molar-refractivity contribution in [2.45, 2.75) is 6.18 Å². The minimum atomic E-state index is -4.44. The van der Waals surface area contributed by atoms with Gasteiger partial charge in [0.05, 0.1) is 11.1 Å². The van der Waals surface area contributed by atoms with E-state index in [1.165, 1.54) is 31.3 Å². The van der Waals surface area contributed by atoms with E-state index in [0.29, 0.717) is 5.56 Å². The number of halogens is 4. The number of hydrogen-bond donors (Lipinski definition) is 1. The minimum absolute atomic E-state index is 0.0741. The van der Waals surface area contributed by atoms with Crippen LogP contribution in [0.1, 0.15) is 11.1 Å². The van der Waals surface area contributed by atoms with Gasteiger partial charge in [0.1, 0.15) is 5.75 Å². The average molecular weight is 454 g/mol. The van der Waals surface area contributed by atoms with Gasteiger partial charge in [-0.15, -0.1) is 0 Å². The van der Waals surface area contributed by atoms with Crippen LogP contribution >= 0.6 is 11.5 Å². The molecule has 0 aliphatic carbocycles. The van der Waals surface area contributed by atoms with Crippen molar-refractivity contribution >= 4 is 23.2 Å². The molecule has 0 radical (unpaired) electrons. The Kier molecular flexibility index (Phi) is 6.80. The third-order valence-corrected chi connectivity index (χ3v) is 4.46. The van der Waals surface area contributed by atoms with E-state index in [1.807, 2.05) is 0 Å². The van der Waals surface area contributed by atoms with E-state index < -0.39 is 24.5 Å². The van der Waals surface area contributed by atoms with Gasteiger partial charge in [-0.1, -0.05) is 29.4 Å². The molecule has 1 amide bonds. The maximum Gasteiger partial charge on any atom is 0.416 e. The minimum Gasteiger partial charge on any atom is -0.429 e. The monoisotopic (exact) mass is 454 g/mol. The fourth-order valence-corrected chi connectivity index (χ4v) is 3.01. The second kappa shape index (κ2) is 9.51. The van der Waals surface area contributed by atoms with E-state index >= 15 is 0 Å². The fraction of sp³-hybridized carbons (Fsp3) is 0.158. The van der Waals surface area contributed by atoms with Crippen LogP contribution in [0, 0.1) is 0 Å². The summed E-state index contributed by atoms with van der Waals surface area (Å²) in [5, 5.41) is 5.94. The van der Waals surface area contributed by atoms with Crippen LogP contribution in [0.25, 0.3) is 11.4 Å². The van der Waals surface area contributed by atoms with Gasteiger partial charge in [-0.3, -0.25) is 4.79 Å². The van der Waals surface area contributed by atoms with E-state index in [0.717, 1.165) is 23.7 Å². The molecule has 1 heterocycles. The number of amides is 1. The molecular formula is C19H14F4N4O3S. The first-order valence-corrected chi connectivity index (χ1v) is 9.37. The van der Waals surface area contributed by atoms with E-state index in [1.54, 1.807) is 12.1 Å². The predicted octanol–water partition coefficient (Wildman–Crippen LogP) is 4.41. The number of oxime groups is 1. The van der Waals surface area contributed by atoms with Gasteiger partial charge in [-0.25, -0.2) is 4.39 Å². The molecule has 1 N–H and O–H groups in total. The molecule has 0 spiro atoms. The molecule has 0 aliphatic rings. The normalized spacial score (nSPS) is 11.8. The molecule has 2 aromatic carbocycles. The SMILES string of the molecule is CNC(=O)/C(=N\OCF)c1ccccc1Oc1nc(-c2ccc(C(F)(F)F)cc2)ns1. The summed E-state index contributed by atoms with van der Waals surface area (Å²) in [5.74, 6) is -0.290. The van der Waals surface area contributed by atoms with Gasteiger partial charge in [0.25, 0.3) is 18.0 Å². The van der Waals surface area contributed by atoms with Crippen molar-refractivity contribution in [1.29, 1.82) is 0 Å². The van der Waals surface area contributed by atoms with Gasteiger partial charge in [-0.05, 0) is 24.3 Å². The molecule has 0 atom stereocenters. The van der Waals surface area contributed by atoms with Gasteiger partial charge in [-0.2, -0.15) is 22.5 Å². The van der Waals surface area contributed by atoms with Gasteiger partial charge >= 0.3 is 6.18 Å². The number of hydrogen-bond acceptors (Lipinski definition) is 7. The highest BCUT2D eigenvalue weighted by molar-refractivity contribution is 7.07. The van der Waals surface area contributed by atoms with Gasteiger partial charge in [0.2, 0.25) is 0 Å². The van der Waals surface area contributed by atoms with E-state index in [-0.39, 0.29) is 28.0 Å². The maximum absolute atomic E-state index is 12.7. The topological polar surface area (TPSA) is 85.7 Å². The lowest BCUT2D eigenvalue weighted by molar-refractivity contribution is -0.137. The molecule has 0 bridgehead atoms. The molecule has 162 valence electrons. The van der Waals surface area contributed by atoms with Crippen molar-refractivity contribution in [3.05, 3.63) is 59.7 Å². The lowest BCUT2D eigenvalue weighted by atomic mass is 10.1. The highest BCUT2D eigenvalue weighted by atomic mass is 32.1. The number of rotatable bonds is 7. The van der Waals surface area contributed by atoms with Crippen LogP contribution in [-0.2, 0) is 15.8 Å². The fourth-order valence-electron chi connectivity index (χ4n) is 2.44. The van der Waals surface area contributed by atoms with Crippen LogP contribution in [0.2, 0.25) is 0 Å². The van der Waals surface area contributed by atoms with Crippen LogP contribution in [0.15, 0.2) is 53.7 Å². The number of para-hydroxylation sites is 1. The van der Waals surface area contributed by atoms with Crippen molar-refractivity contribution in [1.82, 2.24) is 14.7 Å². The highest BCUT2D eigenvalue weighted by Gasteiger charge is 2.30. The molecule has 3 aromatic rings. The number of carbonyl (C=O) groups is 1. The number of nitrogens with zero attached hydrogens (tertiary/aromatic N) is 3. The van der Waals surface area contributed by atoms with Crippen LogP contribution in [0.3, 0.4) is 0 Å². The lowest BCUT2D eigenvalue weighted by Gasteiger charge is -2.10. The van der Waals surface area contributed by atoms with Crippen molar-refractivity contribution < 1.29 is 31.9 Å². The van der Waals surface area contributed by atoms with Crippen LogP contribution in [0.5, 0.6) is 10.9 Å². The molecule has 0 aliphatic heterocycles. The molecule has 1 aromatic heterocycles. The number of aromatic nitrogens is 2. The average Bonchev–Trinajstić information content (AvgIpc) is 3.23. The van der Waals surface area contributed by atoms with Crippen LogP contribution in [-0.4, -0.2) is 34.9 Å². The highest BCUT2D eigenvalue weighted by Crippen LogP contribution is 2.32. The standard InChI is InChI=1S/C19H14F4N4O3S/c1-24-17(28)15(26-29-10-20)13-4-2-3-5-14(13)30-18-25-16(27-31-18)11-6-8-12(9-7-11)19(21,22)23/h2-9H,10H2,1H3,(H,24,28)/b26-15-. The molecule has 0 saturated heterocycles. The number of ether oxygens (including phenoxy) is 1. The summed E-state index contributed by atoms with van der Waals surface area (Å²) < 4.78 is 60.3. The van der Waals surface area contributed by atoms with Gasteiger partial charge in [0.15, 0.2) is 11.5 Å². The predicted molar refractivity (Wildman–Crippen MR) is 105 cm³/mol. The smallest absolute Gasteiger partial charge is 0.416 e. The largest absolute Gasteiger partial charge is 0.429 e. The van der Waals surface area contributed by atoms with Gasteiger partial charge in [0, 0.05) is 24.1 Å². The van der Waals surface area contributed by atoms with Crippen molar-refractivity contribution in [3.8, 4) is 22.3 Å². The molecule has 7 nitrogen and oxygen atoms in total. The van der Waals surface area contributed by atoms with E-state index in [2.05, 4.69) is 24.7 Å². The Labute approximate surface area is 177 Å². The first-order chi connectivity index (χ1) is 14.8. The second-order valence-corrected chi connectivity index (χ2v) is 6.53. The Morgan fingerprint density at radius 2 is 1.87 bits per heavy atom. The molecule has 0 unspecified atom stereocenters. The molecule has 31 heavy (non-hydrogen) atoms. The summed E-state index contributed by atoms with van der Waals surface area (Å²) in [6.07, 6.45) is -4.44. The van der Waals surface area contributed by atoms with Crippen LogP contribution in [0.4, 0.5) is 17.6 Å². The number of nitrogens with one attached hydrogen (secondary N) is 1. The molecule has 0 fully saturated rings. The summed E-state index contributed by atoms with van der Waals surface area (Å²) in [7, 11) is 1.37. The Morgan fingerprint density at radius 1 is 1.16 bits per heavy atom. The van der Waals surface area contributed by atoms with Crippen molar-refractivity contribution in [3.63, 3.8) is 0 Å². The summed E-state index contributed by atoms with van der Waals surface area (Å²) in [4.78, 5) is 20.6. The van der Waals surface area contributed by atoms with Gasteiger partial charge < -0.3 is 14.9 Å². The Bertz CT molecular complexity index is 1080. The number of benzene rings is 2. The molecule has 0 saturated carbocycles. The lowest BCUT2D eigenvalue weighted by Crippen LogP contribution is -2.29. The first kappa shape index (κ1) is 22.2.